The molecule has 2 saturated heterocycles. The molecule has 13 nitrogen and oxygen atoms in total. The Hall–Kier alpha value is -6.24. The first-order chi connectivity index (χ1) is 29.0. The number of nitrogens with one attached hydrogen (secondary N) is 2. The summed E-state index contributed by atoms with van der Waals surface area (Å²) in [6, 6.07) is 28.2. The monoisotopic (exact) mass is 830 g/mol. The van der Waals surface area contributed by atoms with Crippen LogP contribution in [0.4, 0.5) is 32.3 Å². The fraction of sp³-hybridized carbons (Fsp3) is 0.417. The van der Waals surface area contributed by atoms with Crippen LogP contribution in [0.2, 0.25) is 0 Å². The Morgan fingerprint density at radius 2 is 1.10 bits per heavy atom. The molecule has 2 aliphatic heterocycles. The number of likely N-dealkylation sites (tertiary alicyclic amines) is 2. The Morgan fingerprint density at radius 1 is 0.607 bits per heavy atom. The molecule has 0 aromatic heterocycles. The molecule has 0 bridgehead atoms. The van der Waals surface area contributed by atoms with E-state index in [9.17, 15) is 19.2 Å². The molecular weight excluding hydrogens is 773 g/mol. The van der Waals surface area contributed by atoms with Gasteiger partial charge in [0.25, 0.3) is 0 Å². The second-order valence-electron chi connectivity index (χ2n) is 18.3. The van der Waals surface area contributed by atoms with Gasteiger partial charge in [-0.2, -0.15) is 0 Å². The van der Waals surface area contributed by atoms with Crippen LogP contribution in [0.5, 0.6) is 5.75 Å². The SMILES string of the molecule is CC(C)(C)OC(=O)N1CCCC1C(=O)Nc1ccc(C2C(c3ccc(OCc4ccccc4)cc3)C2c2ccc(N)c(NC(=O)C3CCCN3C(=O)OC(C)(C)C)c2)cc1N. The maximum atomic E-state index is 13.7. The maximum absolute atomic E-state index is 13.7. The summed E-state index contributed by atoms with van der Waals surface area (Å²) in [7, 11) is 0. The van der Waals surface area contributed by atoms with E-state index < -0.39 is 35.5 Å². The van der Waals surface area contributed by atoms with Crippen LogP contribution in [0, 0.1) is 0 Å². The molecule has 3 aliphatic rings. The molecule has 6 N–H and O–H groups in total. The Labute approximate surface area is 358 Å². The van der Waals surface area contributed by atoms with Crippen molar-refractivity contribution < 1.29 is 33.4 Å². The topological polar surface area (TPSA) is 179 Å². The van der Waals surface area contributed by atoms with Crippen molar-refractivity contribution >= 4 is 46.8 Å². The van der Waals surface area contributed by atoms with Gasteiger partial charge in [0.1, 0.15) is 35.6 Å². The van der Waals surface area contributed by atoms with Gasteiger partial charge in [-0.15, -0.1) is 0 Å². The number of anilines is 4. The van der Waals surface area contributed by atoms with Crippen molar-refractivity contribution in [2.75, 3.05) is 35.2 Å². The molecule has 5 atom stereocenters. The number of carbonyl (C=O) groups excluding carboxylic acids is 4. The Morgan fingerprint density at radius 3 is 1.64 bits per heavy atom. The normalized spacial score (nSPS) is 21.1. The van der Waals surface area contributed by atoms with Crippen molar-refractivity contribution in [1.82, 2.24) is 9.80 Å². The van der Waals surface area contributed by atoms with Gasteiger partial charge in [0, 0.05) is 13.1 Å². The van der Waals surface area contributed by atoms with E-state index in [0.717, 1.165) is 28.0 Å². The van der Waals surface area contributed by atoms with Crippen LogP contribution in [0.15, 0.2) is 91.0 Å². The summed E-state index contributed by atoms with van der Waals surface area (Å²) >= 11 is 0. The molecule has 0 spiro atoms. The van der Waals surface area contributed by atoms with E-state index in [1.807, 2.05) is 72.8 Å². The number of nitrogen functional groups attached to an aromatic ring is 2. The number of hydrogen-bond donors (Lipinski definition) is 4. The Bertz CT molecular complexity index is 2250. The van der Waals surface area contributed by atoms with E-state index in [4.69, 9.17) is 25.7 Å². The van der Waals surface area contributed by atoms with Crippen LogP contribution in [-0.2, 0) is 25.7 Å². The molecule has 5 unspecified atom stereocenters. The van der Waals surface area contributed by atoms with Crippen LogP contribution in [0.25, 0.3) is 0 Å². The zero-order chi connectivity index (χ0) is 43.6. The number of nitrogens with zero attached hydrogens (tertiary/aromatic N) is 2. The van der Waals surface area contributed by atoms with Crippen molar-refractivity contribution in [2.24, 2.45) is 0 Å². The van der Waals surface area contributed by atoms with E-state index in [1.165, 1.54) is 9.80 Å². The molecular formula is C48H58N6O7. The number of hydrogen-bond acceptors (Lipinski definition) is 9. The standard InChI is InChI=1S/C48H58N6O7/c1-47(2,3)60-45(57)53-24-10-14-38(53)43(55)51-36-23-19-31(26-35(36)50)41-40(30-16-20-33(21-17-30)59-28-29-12-8-7-9-13-29)42(41)32-18-22-34(49)37(27-32)52-44(56)39-15-11-25-54(39)46(58)61-48(4,5)6/h7-9,12-13,16-23,26-27,38-42H,10-11,14-15,24-25,28,49-50H2,1-6H3,(H,51,55)(H,52,56). The molecule has 13 heteroatoms. The summed E-state index contributed by atoms with van der Waals surface area (Å²) in [5.74, 6) is 0.127. The summed E-state index contributed by atoms with van der Waals surface area (Å²) in [6.07, 6.45) is 1.39. The number of carbonyl (C=O) groups is 4. The van der Waals surface area contributed by atoms with Gasteiger partial charge >= 0.3 is 12.2 Å². The smallest absolute Gasteiger partial charge is 0.410 e. The zero-order valence-corrected chi connectivity index (χ0v) is 35.9. The Balaban J connectivity index is 1.12. The second-order valence-corrected chi connectivity index (χ2v) is 18.3. The zero-order valence-electron chi connectivity index (χ0n) is 35.9. The number of rotatable bonds is 10. The van der Waals surface area contributed by atoms with E-state index in [1.54, 1.807) is 47.6 Å². The van der Waals surface area contributed by atoms with Crippen molar-refractivity contribution in [1.29, 1.82) is 0 Å². The fourth-order valence-electron chi connectivity index (χ4n) is 8.46. The predicted octanol–water partition coefficient (Wildman–Crippen LogP) is 8.77. The molecule has 2 heterocycles. The van der Waals surface area contributed by atoms with Gasteiger partial charge in [-0.3, -0.25) is 19.4 Å². The first-order valence-electron chi connectivity index (χ1n) is 21.1. The maximum Gasteiger partial charge on any atom is 0.410 e. The molecule has 3 fully saturated rings. The van der Waals surface area contributed by atoms with Crippen molar-refractivity contribution in [3.8, 4) is 5.75 Å². The summed E-state index contributed by atoms with van der Waals surface area (Å²) in [6.45, 7) is 12.1. The third-order valence-corrected chi connectivity index (χ3v) is 11.3. The van der Waals surface area contributed by atoms with Gasteiger partial charge in [0.05, 0.1) is 22.7 Å². The predicted molar refractivity (Wildman–Crippen MR) is 236 cm³/mol. The first-order valence-corrected chi connectivity index (χ1v) is 21.1. The lowest BCUT2D eigenvalue weighted by Crippen LogP contribution is -2.45. The summed E-state index contributed by atoms with van der Waals surface area (Å²) < 4.78 is 17.3. The van der Waals surface area contributed by atoms with Crippen LogP contribution >= 0.6 is 0 Å². The summed E-state index contributed by atoms with van der Waals surface area (Å²) in [5, 5.41) is 5.99. The quantitative estimate of drug-likeness (QED) is 0.114. The molecule has 4 amide bonds. The lowest BCUT2D eigenvalue weighted by molar-refractivity contribution is -0.121. The van der Waals surface area contributed by atoms with Gasteiger partial charge < -0.3 is 36.3 Å². The van der Waals surface area contributed by atoms with Crippen molar-refractivity contribution in [3.05, 3.63) is 113 Å². The summed E-state index contributed by atoms with van der Waals surface area (Å²) in [4.78, 5) is 56.1. The lowest BCUT2D eigenvalue weighted by Gasteiger charge is -2.28. The highest BCUT2D eigenvalue weighted by molar-refractivity contribution is 6.00. The Kier molecular flexibility index (Phi) is 12.2. The van der Waals surface area contributed by atoms with Crippen LogP contribution in [0.3, 0.4) is 0 Å². The molecule has 61 heavy (non-hydrogen) atoms. The molecule has 7 rings (SSSR count). The van der Waals surface area contributed by atoms with Gasteiger partial charge in [-0.1, -0.05) is 54.6 Å². The van der Waals surface area contributed by atoms with Crippen molar-refractivity contribution in [3.63, 3.8) is 0 Å². The number of nitrogens with two attached hydrogens (primary N) is 2. The molecule has 4 aromatic carbocycles. The molecule has 0 radical (unpaired) electrons. The molecule has 1 aliphatic carbocycles. The van der Waals surface area contributed by atoms with E-state index >= 15 is 0 Å². The van der Waals surface area contributed by atoms with Gasteiger partial charge in [0.2, 0.25) is 11.8 Å². The van der Waals surface area contributed by atoms with Crippen LogP contribution < -0.4 is 26.8 Å². The van der Waals surface area contributed by atoms with Crippen LogP contribution in [0.1, 0.15) is 107 Å². The highest BCUT2D eigenvalue weighted by Crippen LogP contribution is 2.66. The number of amides is 4. The van der Waals surface area contributed by atoms with Crippen molar-refractivity contribution in [2.45, 2.75) is 115 Å². The third-order valence-electron chi connectivity index (χ3n) is 11.3. The van der Waals surface area contributed by atoms with Crippen LogP contribution in [-0.4, -0.2) is 70.2 Å². The molecule has 1 saturated carbocycles. The second kappa shape index (κ2) is 17.4. The largest absolute Gasteiger partial charge is 0.489 e. The molecule has 4 aromatic rings. The van der Waals surface area contributed by atoms with E-state index in [2.05, 4.69) is 22.8 Å². The first kappa shape index (κ1) is 42.9. The number of benzene rings is 4. The van der Waals surface area contributed by atoms with E-state index in [-0.39, 0.29) is 29.6 Å². The van der Waals surface area contributed by atoms with Gasteiger partial charge in [-0.05, 0) is 144 Å². The minimum absolute atomic E-state index is 0.00898. The number of ether oxygens (including phenoxy) is 3. The minimum Gasteiger partial charge on any atom is -0.489 e. The average Bonchev–Trinajstić information content (AvgIpc) is 3.49. The minimum atomic E-state index is -0.689. The average molecular weight is 831 g/mol. The fourth-order valence-corrected chi connectivity index (χ4v) is 8.46. The van der Waals surface area contributed by atoms with Gasteiger partial charge in [0.15, 0.2) is 0 Å². The summed E-state index contributed by atoms with van der Waals surface area (Å²) in [5.41, 5.74) is 17.6. The van der Waals surface area contributed by atoms with Gasteiger partial charge in [-0.25, -0.2) is 9.59 Å². The highest BCUT2D eigenvalue weighted by Gasteiger charge is 2.53. The third kappa shape index (κ3) is 10.2. The lowest BCUT2D eigenvalue weighted by atomic mass is 10.0. The molecule has 322 valence electrons. The highest BCUT2D eigenvalue weighted by atomic mass is 16.6. The van der Waals surface area contributed by atoms with E-state index in [0.29, 0.717) is 68.1 Å².